The van der Waals surface area contributed by atoms with Gasteiger partial charge in [-0.25, -0.2) is 0 Å². The predicted octanol–water partition coefficient (Wildman–Crippen LogP) is 1.50. The number of H-pyrrole nitrogens is 1. The number of benzene rings is 2. The lowest BCUT2D eigenvalue weighted by molar-refractivity contribution is -0.139. The summed E-state index contributed by atoms with van der Waals surface area (Å²) < 4.78 is 6.07. The quantitative estimate of drug-likeness (QED) is 0.222. The van der Waals surface area contributed by atoms with Crippen LogP contribution in [-0.2, 0) is 43.5 Å². The third-order valence-corrected chi connectivity index (χ3v) is 7.56. The zero-order valence-corrected chi connectivity index (χ0v) is 24.5. The number of likely N-dealkylation sites (tertiary alicyclic amines) is 1. The van der Waals surface area contributed by atoms with Crippen LogP contribution in [0.15, 0.2) is 66.9 Å². The molecule has 4 rings (SSSR count). The standard InChI is InChI=1S/C31H39N7O5/c1-3-21(2)29(35-27(39)14-22-10-6-4-7-11-22)31(42)33-18-28(40)38-19-25(43-20-23-12-8-5-9-13-23)15-26(38)30(41)32-16-24-17-34-37-36-24/h4-13,17,21,25-26,29H,3,14-16,18-20H2,1-2H3,(H,32,41)(H,33,42)(H,35,39)(H,34,36,37)/t21-,25+,26?,29-/m0/s1. The van der Waals surface area contributed by atoms with Crippen molar-refractivity contribution < 1.29 is 23.9 Å². The van der Waals surface area contributed by atoms with Crippen molar-refractivity contribution in [2.24, 2.45) is 5.92 Å². The van der Waals surface area contributed by atoms with E-state index < -0.39 is 23.9 Å². The highest BCUT2D eigenvalue weighted by Gasteiger charge is 2.40. The average molecular weight is 590 g/mol. The topological polar surface area (TPSA) is 158 Å². The number of nitrogens with zero attached hydrogens (tertiary/aromatic N) is 3. The Bertz CT molecular complexity index is 1340. The van der Waals surface area contributed by atoms with Gasteiger partial charge in [0.1, 0.15) is 17.8 Å². The Labute approximate surface area is 250 Å². The van der Waals surface area contributed by atoms with E-state index in [1.54, 1.807) is 0 Å². The van der Waals surface area contributed by atoms with Crippen LogP contribution in [0.1, 0.15) is 43.5 Å². The molecule has 3 aromatic rings. The molecule has 12 heteroatoms. The van der Waals surface area contributed by atoms with E-state index in [9.17, 15) is 19.2 Å². The Kier molecular flexibility index (Phi) is 11.4. The molecule has 2 aromatic carbocycles. The Morgan fingerprint density at radius 3 is 2.37 bits per heavy atom. The largest absolute Gasteiger partial charge is 0.372 e. The maximum absolute atomic E-state index is 13.4. The fourth-order valence-corrected chi connectivity index (χ4v) is 4.92. The zero-order chi connectivity index (χ0) is 30.6. The molecule has 0 saturated carbocycles. The molecule has 1 unspecified atom stereocenters. The van der Waals surface area contributed by atoms with Gasteiger partial charge in [0.2, 0.25) is 23.6 Å². The van der Waals surface area contributed by atoms with Crippen LogP contribution in [0.4, 0.5) is 0 Å². The minimum Gasteiger partial charge on any atom is -0.372 e. The lowest BCUT2D eigenvalue weighted by atomic mass is 9.98. The maximum atomic E-state index is 13.4. The highest BCUT2D eigenvalue weighted by atomic mass is 16.5. The summed E-state index contributed by atoms with van der Waals surface area (Å²) in [6.45, 7) is 4.18. The maximum Gasteiger partial charge on any atom is 0.243 e. The Morgan fingerprint density at radius 1 is 1.02 bits per heavy atom. The second kappa shape index (κ2) is 15.6. The number of amides is 4. The highest BCUT2D eigenvalue weighted by Crippen LogP contribution is 2.22. The van der Waals surface area contributed by atoms with E-state index in [2.05, 4.69) is 31.4 Å². The highest BCUT2D eigenvalue weighted by molar-refractivity contribution is 5.93. The van der Waals surface area contributed by atoms with E-state index in [0.717, 1.165) is 11.1 Å². The number of hydrogen-bond acceptors (Lipinski definition) is 7. The molecule has 1 fully saturated rings. The summed E-state index contributed by atoms with van der Waals surface area (Å²) in [5.74, 6) is -1.65. The Hall–Kier alpha value is -4.58. The summed E-state index contributed by atoms with van der Waals surface area (Å²) in [4.78, 5) is 53.9. The molecule has 4 atom stereocenters. The smallest absolute Gasteiger partial charge is 0.243 e. The summed E-state index contributed by atoms with van der Waals surface area (Å²) in [6.07, 6.45) is 2.24. The molecule has 12 nitrogen and oxygen atoms in total. The summed E-state index contributed by atoms with van der Waals surface area (Å²) in [7, 11) is 0. The van der Waals surface area contributed by atoms with Gasteiger partial charge in [-0.05, 0) is 17.0 Å². The molecule has 0 radical (unpaired) electrons. The summed E-state index contributed by atoms with van der Waals surface area (Å²) >= 11 is 0. The summed E-state index contributed by atoms with van der Waals surface area (Å²) in [6, 6.07) is 17.3. The van der Waals surface area contributed by atoms with Crippen molar-refractivity contribution in [2.75, 3.05) is 13.1 Å². The molecule has 2 heterocycles. The van der Waals surface area contributed by atoms with Crippen LogP contribution in [0, 0.1) is 5.92 Å². The number of aromatic amines is 1. The van der Waals surface area contributed by atoms with Gasteiger partial charge >= 0.3 is 0 Å². The minimum absolute atomic E-state index is 0.142. The molecule has 1 aromatic heterocycles. The van der Waals surface area contributed by atoms with Gasteiger partial charge in [0, 0.05) is 13.0 Å². The summed E-state index contributed by atoms with van der Waals surface area (Å²) in [5, 5.41) is 18.5. The SMILES string of the molecule is CC[C@H](C)[C@H](NC(=O)Cc1ccccc1)C(=O)NCC(=O)N1C[C@H](OCc2ccccc2)CC1C(=O)NCc1cn[nH]n1. The van der Waals surface area contributed by atoms with Gasteiger partial charge in [0.05, 0.1) is 38.4 Å². The molecule has 0 aliphatic carbocycles. The molecular weight excluding hydrogens is 550 g/mol. The molecule has 1 aliphatic heterocycles. The van der Waals surface area contributed by atoms with Crippen molar-refractivity contribution in [3.63, 3.8) is 0 Å². The molecule has 0 spiro atoms. The number of nitrogens with one attached hydrogen (secondary N) is 4. The number of ether oxygens (including phenoxy) is 1. The number of aromatic nitrogens is 3. The fraction of sp³-hybridized carbons (Fsp3) is 0.419. The lowest BCUT2D eigenvalue weighted by Gasteiger charge is -2.26. The second-order valence-electron chi connectivity index (χ2n) is 10.7. The van der Waals surface area contributed by atoms with Gasteiger partial charge in [0.15, 0.2) is 0 Å². The van der Waals surface area contributed by atoms with Crippen LogP contribution in [0.2, 0.25) is 0 Å². The van der Waals surface area contributed by atoms with Crippen molar-refractivity contribution in [1.82, 2.24) is 36.3 Å². The van der Waals surface area contributed by atoms with E-state index in [1.165, 1.54) is 11.1 Å². The lowest BCUT2D eigenvalue weighted by Crippen LogP contribution is -2.53. The van der Waals surface area contributed by atoms with Crippen LogP contribution in [0.5, 0.6) is 0 Å². The van der Waals surface area contributed by atoms with E-state index in [1.807, 2.05) is 74.5 Å². The van der Waals surface area contributed by atoms with Crippen molar-refractivity contribution >= 4 is 23.6 Å². The number of carbonyl (C=O) groups is 4. The van der Waals surface area contributed by atoms with Gasteiger partial charge in [-0.1, -0.05) is 80.9 Å². The second-order valence-corrected chi connectivity index (χ2v) is 10.7. The normalized spacial score (nSPS) is 17.6. The zero-order valence-electron chi connectivity index (χ0n) is 24.5. The number of carbonyl (C=O) groups excluding carboxylic acids is 4. The molecule has 4 amide bonds. The average Bonchev–Trinajstić information content (AvgIpc) is 3.71. The molecule has 1 saturated heterocycles. The van der Waals surface area contributed by atoms with Crippen LogP contribution in [0.25, 0.3) is 0 Å². The first-order chi connectivity index (χ1) is 20.8. The van der Waals surface area contributed by atoms with E-state index >= 15 is 0 Å². The van der Waals surface area contributed by atoms with Crippen molar-refractivity contribution in [3.05, 3.63) is 83.7 Å². The van der Waals surface area contributed by atoms with Crippen molar-refractivity contribution in [2.45, 2.75) is 64.4 Å². The van der Waals surface area contributed by atoms with E-state index in [4.69, 9.17) is 4.74 Å². The number of hydrogen-bond donors (Lipinski definition) is 4. The first kappa shape index (κ1) is 31.4. The molecule has 43 heavy (non-hydrogen) atoms. The van der Waals surface area contributed by atoms with E-state index in [0.29, 0.717) is 25.1 Å². The molecule has 228 valence electrons. The van der Waals surface area contributed by atoms with Gasteiger partial charge in [-0.15, -0.1) is 0 Å². The predicted molar refractivity (Wildman–Crippen MR) is 158 cm³/mol. The molecular formula is C31H39N7O5. The van der Waals surface area contributed by atoms with Crippen LogP contribution in [-0.4, -0.2) is 75.2 Å². The van der Waals surface area contributed by atoms with E-state index in [-0.39, 0.29) is 49.9 Å². The molecule has 4 N–H and O–H groups in total. The molecule has 0 bridgehead atoms. The third-order valence-electron chi connectivity index (χ3n) is 7.56. The first-order valence-electron chi connectivity index (χ1n) is 14.5. The van der Waals surface area contributed by atoms with Gasteiger partial charge in [0.25, 0.3) is 0 Å². The van der Waals surface area contributed by atoms with Crippen LogP contribution >= 0.6 is 0 Å². The van der Waals surface area contributed by atoms with Gasteiger partial charge in [-0.2, -0.15) is 15.4 Å². The van der Waals surface area contributed by atoms with Crippen LogP contribution < -0.4 is 16.0 Å². The van der Waals surface area contributed by atoms with Crippen molar-refractivity contribution in [1.29, 1.82) is 0 Å². The van der Waals surface area contributed by atoms with Gasteiger partial charge < -0.3 is 25.6 Å². The van der Waals surface area contributed by atoms with Crippen molar-refractivity contribution in [3.8, 4) is 0 Å². The Balaban J connectivity index is 1.37. The first-order valence-corrected chi connectivity index (χ1v) is 14.5. The fourth-order valence-electron chi connectivity index (χ4n) is 4.92. The number of rotatable bonds is 14. The summed E-state index contributed by atoms with van der Waals surface area (Å²) in [5.41, 5.74) is 2.38. The Morgan fingerprint density at radius 2 is 1.72 bits per heavy atom. The van der Waals surface area contributed by atoms with Gasteiger partial charge in [-0.3, -0.25) is 19.2 Å². The molecule has 1 aliphatic rings. The third kappa shape index (κ3) is 9.20. The minimum atomic E-state index is -0.809. The monoisotopic (exact) mass is 589 g/mol. The van der Waals surface area contributed by atoms with Crippen LogP contribution in [0.3, 0.4) is 0 Å².